The highest BCUT2D eigenvalue weighted by Crippen LogP contribution is 2.59. The molecule has 1 unspecified atom stereocenters. The number of benzene rings is 3. The fraction of sp³-hybridized carbons (Fsp3) is 0.341. The van der Waals surface area contributed by atoms with Gasteiger partial charge in [-0.1, -0.05) is 51.1 Å². The Morgan fingerprint density at radius 3 is 2.31 bits per heavy atom. The molecule has 3 aromatic carbocycles. The molecule has 2 saturated heterocycles. The number of nitrogens with one attached hydrogen (secondary N) is 1. The van der Waals surface area contributed by atoms with Crippen molar-refractivity contribution in [1.82, 2.24) is 24.9 Å². The molecule has 3 fully saturated rings. The number of imide groups is 2. The van der Waals surface area contributed by atoms with Crippen molar-refractivity contribution in [3.63, 3.8) is 0 Å². The van der Waals surface area contributed by atoms with E-state index in [1.807, 2.05) is 29.3 Å². The van der Waals surface area contributed by atoms with Gasteiger partial charge in [-0.25, -0.2) is 4.39 Å². The highest BCUT2D eigenvalue weighted by Gasteiger charge is 2.67. The molecular weight excluding hydrogens is 777 g/mol. The number of hydrogen-bond donors (Lipinski definition) is 1. The number of aromatic nitrogens is 2. The second kappa shape index (κ2) is 13.5. The topological polar surface area (TPSA) is 158 Å². The van der Waals surface area contributed by atoms with Crippen LogP contribution >= 0.6 is 11.6 Å². The fourth-order valence-corrected chi connectivity index (χ4v) is 10.1. The minimum atomic E-state index is -1.13. The van der Waals surface area contributed by atoms with E-state index in [-0.39, 0.29) is 53.8 Å². The SMILES string of the molecule is CC1(C)[C@H](Oc2ccc(C#N)c(Cl)c2)C(C)(C)[C@H]1N1Cc2cc(C#Cc3cnn(C4CN(c5cc6c(cc5F)C(=O)N(C5CCC(=O)NC5=O)C6=O)C4)c3)ccc2C1=O. The van der Waals surface area contributed by atoms with Crippen LogP contribution in [0.25, 0.3) is 0 Å². The quantitative estimate of drug-likeness (QED) is 0.203. The summed E-state index contributed by atoms with van der Waals surface area (Å²) in [6, 6.07) is 13.8. The van der Waals surface area contributed by atoms with Crippen LogP contribution in [0.5, 0.6) is 5.75 Å². The first-order chi connectivity index (χ1) is 28.1. The van der Waals surface area contributed by atoms with Crippen molar-refractivity contribution in [2.45, 2.75) is 71.3 Å². The zero-order valence-corrected chi connectivity index (χ0v) is 33.3. The van der Waals surface area contributed by atoms with Crippen LogP contribution in [0.1, 0.15) is 99.9 Å². The highest BCUT2D eigenvalue weighted by atomic mass is 35.5. The van der Waals surface area contributed by atoms with Crippen molar-refractivity contribution in [2.24, 2.45) is 10.8 Å². The van der Waals surface area contributed by atoms with Crippen molar-refractivity contribution in [3.05, 3.63) is 111 Å². The largest absolute Gasteiger partial charge is 0.489 e. The summed E-state index contributed by atoms with van der Waals surface area (Å²) in [4.78, 5) is 68.7. The van der Waals surface area contributed by atoms with Gasteiger partial charge in [0.25, 0.3) is 17.7 Å². The van der Waals surface area contributed by atoms with Gasteiger partial charge in [-0.15, -0.1) is 0 Å². The first kappa shape index (κ1) is 38.0. The van der Waals surface area contributed by atoms with Gasteiger partial charge in [0.15, 0.2) is 0 Å². The average molecular weight is 814 g/mol. The summed E-state index contributed by atoms with van der Waals surface area (Å²) in [6.07, 6.45) is 3.26. The molecular formula is C44H37ClFN7O6. The number of carbonyl (C=O) groups excluding carboxylic acids is 5. The third kappa shape index (κ3) is 6.04. The normalized spacial score (nSPS) is 22.8. The van der Waals surface area contributed by atoms with E-state index >= 15 is 4.39 Å². The Morgan fingerprint density at radius 1 is 0.898 bits per heavy atom. The van der Waals surface area contributed by atoms with Gasteiger partial charge in [-0.3, -0.25) is 38.9 Å². The molecule has 0 bridgehead atoms. The van der Waals surface area contributed by atoms with Crippen molar-refractivity contribution < 1.29 is 33.1 Å². The number of piperidine rings is 1. The summed E-state index contributed by atoms with van der Waals surface area (Å²) in [5, 5.41) is 16.2. The van der Waals surface area contributed by atoms with E-state index in [0.29, 0.717) is 47.1 Å². The first-order valence-electron chi connectivity index (χ1n) is 19.2. The van der Waals surface area contributed by atoms with E-state index in [2.05, 4.69) is 56.0 Å². The lowest BCUT2D eigenvalue weighted by molar-refractivity contribution is -0.199. The molecule has 13 nitrogen and oxygen atoms in total. The monoisotopic (exact) mass is 813 g/mol. The van der Waals surface area contributed by atoms with Crippen LogP contribution in [0.3, 0.4) is 0 Å². The summed E-state index contributed by atoms with van der Waals surface area (Å²) in [5.41, 5.74) is 2.64. The summed E-state index contributed by atoms with van der Waals surface area (Å²) < 4.78 is 23.6. The number of rotatable bonds is 6. The first-order valence-corrected chi connectivity index (χ1v) is 19.6. The van der Waals surface area contributed by atoms with E-state index < -0.39 is 46.3 Å². The third-order valence-corrected chi connectivity index (χ3v) is 12.7. The maximum atomic E-state index is 15.4. The molecule has 1 saturated carbocycles. The highest BCUT2D eigenvalue weighted by molar-refractivity contribution is 6.31. The molecule has 1 aliphatic carbocycles. The third-order valence-electron chi connectivity index (χ3n) is 12.4. The Balaban J connectivity index is 0.839. The Bertz CT molecular complexity index is 2650. The maximum Gasteiger partial charge on any atom is 0.262 e. The Kier molecular flexibility index (Phi) is 8.72. The lowest BCUT2D eigenvalue weighted by Gasteiger charge is -2.65. The van der Waals surface area contributed by atoms with Crippen molar-refractivity contribution in [1.29, 1.82) is 5.26 Å². The van der Waals surface area contributed by atoms with Crippen molar-refractivity contribution in [2.75, 3.05) is 18.0 Å². The molecule has 1 aromatic heterocycles. The number of amides is 5. The fourth-order valence-electron chi connectivity index (χ4n) is 9.93. The van der Waals surface area contributed by atoms with Crippen LogP contribution < -0.4 is 15.0 Å². The second-order valence-corrected chi connectivity index (χ2v) is 17.3. The van der Waals surface area contributed by atoms with E-state index in [1.54, 1.807) is 34.0 Å². The van der Waals surface area contributed by atoms with Gasteiger partial charge in [0, 0.05) is 66.3 Å². The van der Waals surface area contributed by atoms with Crippen LogP contribution in [0.4, 0.5) is 10.1 Å². The number of hydrogen-bond acceptors (Lipinski definition) is 9. The molecule has 1 atom stereocenters. The van der Waals surface area contributed by atoms with Crippen LogP contribution in [0, 0.1) is 39.8 Å². The lowest BCUT2D eigenvalue weighted by atomic mass is 9.49. The standard InChI is InChI=1S/C44H37ClFN7O6/c1-43(2)41(44(3,4)42(43)59-28-9-8-25(17-47)32(45)14-28)51-20-26-13-23(7-10-29(26)38(51)56)5-6-24-18-48-52(19-24)27-21-50(22-27)35-16-31-30(15-33(35)46)39(57)53(40(31)58)34-11-12-36(54)49-37(34)55/h7-10,13-16,18-19,27,34,41-42H,11-12,20-22H2,1-4H3,(H,49,54,55)/t34?,41-,42-. The molecule has 0 spiro atoms. The molecule has 9 rings (SSSR count). The van der Waals surface area contributed by atoms with Crippen LogP contribution in [0.15, 0.2) is 60.9 Å². The lowest BCUT2D eigenvalue weighted by Crippen LogP contribution is -2.74. The Labute approximate surface area is 343 Å². The van der Waals surface area contributed by atoms with E-state index in [9.17, 15) is 29.2 Å². The molecule has 1 N–H and O–H groups in total. The van der Waals surface area contributed by atoms with Gasteiger partial charge < -0.3 is 14.5 Å². The smallest absolute Gasteiger partial charge is 0.262 e. The number of nitrogens with zero attached hydrogens (tertiary/aromatic N) is 6. The molecule has 5 heterocycles. The van der Waals surface area contributed by atoms with Crippen LogP contribution in [-0.4, -0.2) is 80.4 Å². The molecule has 4 aromatic rings. The van der Waals surface area contributed by atoms with Crippen LogP contribution in [-0.2, 0) is 16.1 Å². The number of halogens is 2. The Morgan fingerprint density at radius 2 is 1.61 bits per heavy atom. The van der Waals surface area contributed by atoms with Gasteiger partial charge >= 0.3 is 0 Å². The number of nitriles is 1. The molecule has 298 valence electrons. The summed E-state index contributed by atoms with van der Waals surface area (Å²) >= 11 is 6.27. The van der Waals surface area contributed by atoms with Gasteiger partial charge in [0.05, 0.1) is 45.2 Å². The predicted molar refractivity (Wildman–Crippen MR) is 211 cm³/mol. The zero-order valence-electron chi connectivity index (χ0n) is 32.5. The number of carbonyl (C=O) groups is 5. The molecule has 59 heavy (non-hydrogen) atoms. The number of anilines is 1. The van der Waals surface area contributed by atoms with Gasteiger partial charge in [-0.2, -0.15) is 10.4 Å². The maximum absolute atomic E-state index is 15.4. The summed E-state index contributed by atoms with van der Waals surface area (Å²) in [5.74, 6) is 3.59. The van der Waals surface area contributed by atoms with Crippen molar-refractivity contribution in [3.8, 4) is 23.7 Å². The number of ether oxygens (including phenoxy) is 1. The molecule has 4 aliphatic heterocycles. The van der Waals surface area contributed by atoms with Gasteiger partial charge in [0.1, 0.15) is 29.8 Å². The minimum Gasteiger partial charge on any atom is -0.489 e. The van der Waals surface area contributed by atoms with E-state index in [4.69, 9.17) is 16.3 Å². The zero-order chi connectivity index (χ0) is 41.7. The average Bonchev–Trinajstić information content (AvgIpc) is 3.83. The molecule has 0 radical (unpaired) electrons. The summed E-state index contributed by atoms with van der Waals surface area (Å²) in [7, 11) is 0. The van der Waals surface area contributed by atoms with Crippen molar-refractivity contribution >= 4 is 46.8 Å². The van der Waals surface area contributed by atoms with Crippen LogP contribution in [0.2, 0.25) is 5.02 Å². The molecule has 5 aliphatic rings. The Hall–Kier alpha value is -6.51. The van der Waals surface area contributed by atoms with E-state index in [1.165, 1.54) is 6.07 Å². The van der Waals surface area contributed by atoms with Gasteiger partial charge in [0.2, 0.25) is 11.8 Å². The van der Waals surface area contributed by atoms with E-state index in [0.717, 1.165) is 22.1 Å². The summed E-state index contributed by atoms with van der Waals surface area (Å²) in [6.45, 7) is 9.64. The molecule has 15 heteroatoms. The minimum absolute atomic E-state index is 0.00836. The molecule has 5 amide bonds. The van der Waals surface area contributed by atoms with Gasteiger partial charge in [-0.05, 0) is 54.4 Å². The predicted octanol–water partition coefficient (Wildman–Crippen LogP) is 5.25. The number of fused-ring (bicyclic) bond motifs is 2. The second-order valence-electron chi connectivity index (χ2n) is 16.9.